The lowest BCUT2D eigenvalue weighted by molar-refractivity contribution is 0.0305. The SMILES string of the molecule is CCCCOCC(O)CNC(CO)COC. The third kappa shape index (κ3) is 9.06. The molecule has 5 nitrogen and oxygen atoms in total. The summed E-state index contributed by atoms with van der Waals surface area (Å²) in [4.78, 5) is 0. The monoisotopic (exact) mass is 235 g/mol. The zero-order valence-electron chi connectivity index (χ0n) is 10.3. The summed E-state index contributed by atoms with van der Waals surface area (Å²) in [6.45, 7) is 3.95. The Kier molecular flexibility index (Phi) is 11.1. The van der Waals surface area contributed by atoms with Crippen molar-refractivity contribution >= 4 is 0 Å². The summed E-state index contributed by atoms with van der Waals surface area (Å²) >= 11 is 0. The predicted molar refractivity (Wildman–Crippen MR) is 62.5 cm³/mol. The van der Waals surface area contributed by atoms with Crippen LogP contribution in [0.5, 0.6) is 0 Å². The first-order valence-corrected chi connectivity index (χ1v) is 5.83. The number of aliphatic hydroxyl groups excluding tert-OH is 2. The van der Waals surface area contributed by atoms with Gasteiger partial charge in [-0.05, 0) is 6.42 Å². The second-order valence-electron chi connectivity index (χ2n) is 3.83. The molecular weight excluding hydrogens is 210 g/mol. The van der Waals surface area contributed by atoms with E-state index in [1.54, 1.807) is 7.11 Å². The minimum absolute atomic E-state index is 0.00273. The molecule has 0 aliphatic carbocycles. The van der Waals surface area contributed by atoms with E-state index in [9.17, 15) is 5.11 Å². The van der Waals surface area contributed by atoms with Crippen LogP contribution in [-0.2, 0) is 9.47 Å². The molecule has 0 aromatic heterocycles. The van der Waals surface area contributed by atoms with Gasteiger partial charge < -0.3 is 25.0 Å². The molecule has 16 heavy (non-hydrogen) atoms. The van der Waals surface area contributed by atoms with Crippen molar-refractivity contribution in [3.63, 3.8) is 0 Å². The van der Waals surface area contributed by atoms with Crippen LogP contribution >= 0.6 is 0 Å². The molecule has 0 aromatic rings. The van der Waals surface area contributed by atoms with Crippen molar-refractivity contribution in [2.45, 2.75) is 31.9 Å². The van der Waals surface area contributed by atoms with Gasteiger partial charge in [0.15, 0.2) is 0 Å². The van der Waals surface area contributed by atoms with E-state index in [0.29, 0.717) is 26.4 Å². The summed E-state index contributed by atoms with van der Waals surface area (Å²) in [7, 11) is 1.58. The van der Waals surface area contributed by atoms with Crippen molar-refractivity contribution in [2.24, 2.45) is 0 Å². The Hall–Kier alpha value is -0.200. The average Bonchev–Trinajstić information content (AvgIpc) is 2.30. The van der Waals surface area contributed by atoms with Gasteiger partial charge in [-0.2, -0.15) is 0 Å². The van der Waals surface area contributed by atoms with Crippen LogP contribution in [0.1, 0.15) is 19.8 Å². The second kappa shape index (κ2) is 11.3. The maximum absolute atomic E-state index is 9.55. The molecule has 0 amide bonds. The van der Waals surface area contributed by atoms with Gasteiger partial charge in [0.25, 0.3) is 0 Å². The molecule has 0 saturated heterocycles. The van der Waals surface area contributed by atoms with Crippen LogP contribution in [0, 0.1) is 0 Å². The molecule has 0 rings (SSSR count). The van der Waals surface area contributed by atoms with Gasteiger partial charge in [-0.3, -0.25) is 0 Å². The van der Waals surface area contributed by atoms with E-state index in [2.05, 4.69) is 12.2 Å². The third-order valence-corrected chi connectivity index (χ3v) is 2.18. The summed E-state index contributed by atoms with van der Waals surface area (Å²) in [6, 6.07) is -0.129. The fraction of sp³-hybridized carbons (Fsp3) is 1.00. The highest BCUT2D eigenvalue weighted by atomic mass is 16.5. The molecule has 0 aliphatic rings. The van der Waals surface area contributed by atoms with Crippen LogP contribution in [-0.4, -0.2) is 62.4 Å². The summed E-state index contributed by atoms with van der Waals surface area (Å²) in [5.74, 6) is 0. The van der Waals surface area contributed by atoms with Crippen molar-refractivity contribution in [3.8, 4) is 0 Å². The normalized spacial score (nSPS) is 15.0. The minimum Gasteiger partial charge on any atom is -0.395 e. The van der Waals surface area contributed by atoms with E-state index in [-0.39, 0.29) is 12.6 Å². The highest BCUT2D eigenvalue weighted by molar-refractivity contribution is 4.67. The molecule has 0 fully saturated rings. The Balaban J connectivity index is 3.43. The smallest absolute Gasteiger partial charge is 0.0897 e. The molecule has 0 radical (unpaired) electrons. The first-order chi connectivity index (χ1) is 7.74. The van der Waals surface area contributed by atoms with E-state index in [0.717, 1.165) is 12.8 Å². The van der Waals surface area contributed by atoms with Crippen LogP contribution in [0.25, 0.3) is 0 Å². The number of hydrogen-bond acceptors (Lipinski definition) is 5. The fourth-order valence-corrected chi connectivity index (χ4v) is 1.20. The Bertz CT molecular complexity index is 146. The average molecular weight is 235 g/mol. The topological polar surface area (TPSA) is 71.0 Å². The Morgan fingerprint density at radius 2 is 2.06 bits per heavy atom. The predicted octanol–water partition coefficient (Wildman–Crippen LogP) is -0.239. The molecule has 3 N–H and O–H groups in total. The fourth-order valence-electron chi connectivity index (χ4n) is 1.20. The van der Waals surface area contributed by atoms with Crippen LogP contribution in [0.2, 0.25) is 0 Å². The molecule has 2 unspecified atom stereocenters. The first-order valence-electron chi connectivity index (χ1n) is 5.83. The van der Waals surface area contributed by atoms with Crippen LogP contribution in [0.3, 0.4) is 0 Å². The van der Waals surface area contributed by atoms with Gasteiger partial charge in [-0.15, -0.1) is 0 Å². The summed E-state index contributed by atoms with van der Waals surface area (Å²) in [5.41, 5.74) is 0. The highest BCUT2D eigenvalue weighted by Gasteiger charge is 2.09. The molecule has 0 saturated carbocycles. The maximum atomic E-state index is 9.55. The summed E-state index contributed by atoms with van der Waals surface area (Å²) < 4.78 is 10.2. The van der Waals surface area contributed by atoms with Crippen molar-refractivity contribution < 1.29 is 19.7 Å². The Labute approximate surface area is 97.8 Å². The number of unbranched alkanes of at least 4 members (excludes halogenated alkanes) is 1. The second-order valence-corrected chi connectivity index (χ2v) is 3.83. The van der Waals surface area contributed by atoms with Crippen molar-refractivity contribution in [1.29, 1.82) is 0 Å². The molecule has 2 atom stereocenters. The molecule has 98 valence electrons. The van der Waals surface area contributed by atoms with Crippen LogP contribution < -0.4 is 5.32 Å². The van der Waals surface area contributed by atoms with Crippen LogP contribution in [0.4, 0.5) is 0 Å². The molecule has 5 heteroatoms. The van der Waals surface area contributed by atoms with E-state index in [1.807, 2.05) is 0 Å². The quantitative estimate of drug-likeness (QED) is 0.431. The van der Waals surface area contributed by atoms with Crippen molar-refractivity contribution in [2.75, 3.05) is 40.1 Å². The molecule has 0 heterocycles. The number of hydrogen-bond donors (Lipinski definition) is 3. The van der Waals surface area contributed by atoms with Gasteiger partial charge in [0, 0.05) is 20.3 Å². The zero-order chi connectivity index (χ0) is 12.2. The van der Waals surface area contributed by atoms with E-state index < -0.39 is 6.10 Å². The number of aliphatic hydroxyl groups is 2. The Morgan fingerprint density at radius 1 is 1.31 bits per heavy atom. The zero-order valence-corrected chi connectivity index (χ0v) is 10.3. The van der Waals surface area contributed by atoms with E-state index in [4.69, 9.17) is 14.6 Å². The molecule has 0 spiro atoms. The maximum Gasteiger partial charge on any atom is 0.0897 e. The minimum atomic E-state index is -0.539. The van der Waals surface area contributed by atoms with Crippen molar-refractivity contribution in [1.82, 2.24) is 5.32 Å². The summed E-state index contributed by atoms with van der Waals surface area (Å²) in [6.07, 6.45) is 1.57. The Morgan fingerprint density at radius 3 is 2.62 bits per heavy atom. The summed E-state index contributed by atoms with van der Waals surface area (Å²) in [5, 5.41) is 21.5. The number of nitrogens with one attached hydrogen (secondary N) is 1. The number of ether oxygens (including phenoxy) is 2. The van der Waals surface area contributed by atoms with Gasteiger partial charge >= 0.3 is 0 Å². The molecule has 0 aliphatic heterocycles. The molecular formula is C11H25NO4. The molecule has 0 aromatic carbocycles. The number of rotatable bonds is 11. The van der Waals surface area contributed by atoms with Gasteiger partial charge in [-0.1, -0.05) is 13.3 Å². The third-order valence-electron chi connectivity index (χ3n) is 2.18. The number of methoxy groups -OCH3 is 1. The largest absolute Gasteiger partial charge is 0.395 e. The lowest BCUT2D eigenvalue weighted by atomic mass is 10.3. The van der Waals surface area contributed by atoms with Crippen LogP contribution in [0.15, 0.2) is 0 Å². The standard InChI is InChI=1S/C11H25NO4/c1-3-4-5-16-9-11(14)6-12-10(7-13)8-15-2/h10-14H,3-9H2,1-2H3. The van der Waals surface area contributed by atoms with Gasteiger partial charge in [0.2, 0.25) is 0 Å². The lowest BCUT2D eigenvalue weighted by Gasteiger charge is -2.18. The van der Waals surface area contributed by atoms with E-state index in [1.165, 1.54) is 0 Å². The van der Waals surface area contributed by atoms with Gasteiger partial charge in [-0.25, -0.2) is 0 Å². The first kappa shape index (κ1) is 15.8. The van der Waals surface area contributed by atoms with Gasteiger partial charge in [0.1, 0.15) is 0 Å². The van der Waals surface area contributed by atoms with Crippen molar-refractivity contribution in [3.05, 3.63) is 0 Å². The van der Waals surface area contributed by atoms with Gasteiger partial charge in [0.05, 0.1) is 32.0 Å². The van der Waals surface area contributed by atoms with E-state index >= 15 is 0 Å². The highest BCUT2D eigenvalue weighted by Crippen LogP contribution is 1.91. The molecule has 0 bridgehead atoms. The lowest BCUT2D eigenvalue weighted by Crippen LogP contribution is -2.42.